The molecule has 0 amide bonds. The molecule has 1 heteroatoms. The molecule has 0 saturated heterocycles. The fraction of sp³-hybridized carbons (Fsp3) is 0.867. The molecule has 0 saturated carbocycles. The number of hydrogen-bond acceptors (Lipinski definition) is 0. The van der Waals surface area contributed by atoms with E-state index in [9.17, 15) is 0 Å². The molecular formula is C15H25Cl. The summed E-state index contributed by atoms with van der Waals surface area (Å²) in [7, 11) is 0. The predicted molar refractivity (Wildman–Crippen MR) is 72.1 cm³/mol. The summed E-state index contributed by atoms with van der Waals surface area (Å²) in [5, 5.41) is 0.426. The van der Waals surface area contributed by atoms with Gasteiger partial charge in [-0.3, -0.25) is 0 Å². The Morgan fingerprint density at radius 3 is 1.44 bits per heavy atom. The highest BCUT2D eigenvalue weighted by Gasteiger charge is 2.21. The van der Waals surface area contributed by atoms with Crippen LogP contribution < -0.4 is 0 Å². The van der Waals surface area contributed by atoms with Crippen LogP contribution in [0.25, 0.3) is 0 Å². The maximum absolute atomic E-state index is 6.30. The highest BCUT2D eigenvalue weighted by molar-refractivity contribution is 6.21. The van der Waals surface area contributed by atoms with Gasteiger partial charge in [-0.1, -0.05) is 49.7 Å². The summed E-state index contributed by atoms with van der Waals surface area (Å²) in [6.07, 6.45) is 16.6. The third-order valence-electron chi connectivity index (χ3n) is 4.14. The Labute approximate surface area is 105 Å². The molecule has 92 valence electrons. The topological polar surface area (TPSA) is 0 Å². The molecular weight excluding hydrogens is 216 g/mol. The van der Waals surface area contributed by atoms with Crippen molar-refractivity contribution in [3.63, 3.8) is 0 Å². The molecule has 2 rings (SSSR count). The quantitative estimate of drug-likeness (QED) is 0.382. The maximum atomic E-state index is 6.30. The normalized spacial score (nSPS) is 26.1. The second-order valence-electron chi connectivity index (χ2n) is 5.54. The third-order valence-corrected chi connectivity index (χ3v) is 4.45. The molecule has 0 unspecified atom stereocenters. The summed E-state index contributed by atoms with van der Waals surface area (Å²) in [4.78, 5) is 0. The Hall–Kier alpha value is 0.0300. The van der Waals surface area contributed by atoms with Crippen molar-refractivity contribution in [3.8, 4) is 0 Å². The van der Waals surface area contributed by atoms with E-state index >= 15 is 0 Å². The standard InChI is InChI=1S/C15H25Cl/c16-15-11-13-9-7-5-3-1-2-4-6-8-10-14(13)12-15/h15H,1-12H2. The summed E-state index contributed by atoms with van der Waals surface area (Å²) in [5.41, 5.74) is 3.47. The Balaban J connectivity index is 1.90. The van der Waals surface area contributed by atoms with Crippen molar-refractivity contribution in [1.29, 1.82) is 0 Å². The van der Waals surface area contributed by atoms with Crippen LogP contribution in [0.2, 0.25) is 0 Å². The number of alkyl halides is 1. The van der Waals surface area contributed by atoms with Gasteiger partial charge < -0.3 is 0 Å². The number of allylic oxidation sites excluding steroid dienone is 2. The average Bonchev–Trinajstić information content (AvgIpc) is 2.59. The van der Waals surface area contributed by atoms with Crippen molar-refractivity contribution >= 4 is 11.6 Å². The van der Waals surface area contributed by atoms with Crippen molar-refractivity contribution < 1.29 is 0 Å². The van der Waals surface area contributed by atoms with Gasteiger partial charge in [0.05, 0.1) is 0 Å². The first-order valence-corrected chi connectivity index (χ1v) is 7.64. The van der Waals surface area contributed by atoms with Crippen LogP contribution in [0.3, 0.4) is 0 Å². The fourth-order valence-corrected chi connectivity index (χ4v) is 3.56. The molecule has 0 nitrogen and oxygen atoms in total. The van der Waals surface area contributed by atoms with Crippen LogP contribution >= 0.6 is 11.6 Å². The van der Waals surface area contributed by atoms with E-state index in [2.05, 4.69) is 0 Å². The zero-order valence-electron chi connectivity index (χ0n) is 10.4. The van der Waals surface area contributed by atoms with E-state index in [1.165, 1.54) is 77.0 Å². The molecule has 0 aliphatic heterocycles. The zero-order chi connectivity index (χ0) is 11.2. The van der Waals surface area contributed by atoms with Gasteiger partial charge in [-0.2, -0.15) is 0 Å². The van der Waals surface area contributed by atoms with Gasteiger partial charge in [-0.15, -0.1) is 11.6 Å². The van der Waals surface area contributed by atoms with E-state index in [0.717, 1.165) is 0 Å². The lowest BCUT2D eigenvalue weighted by molar-refractivity contribution is 0.558. The molecule has 2 aliphatic carbocycles. The molecule has 0 fully saturated rings. The van der Waals surface area contributed by atoms with Gasteiger partial charge in [0.2, 0.25) is 0 Å². The largest absolute Gasteiger partial charge is 0.122 e. The minimum atomic E-state index is 0.426. The fourth-order valence-electron chi connectivity index (χ4n) is 3.19. The van der Waals surface area contributed by atoms with Gasteiger partial charge in [0, 0.05) is 5.38 Å². The Kier molecular flexibility index (Phi) is 5.22. The van der Waals surface area contributed by atoms with Crippen molar-refractivity contribution in [2.45, 2.75) is 82.4 Å². The van der Waals surface area contributed by atoms with Gasteiger partial charge in [0.25, 0.3) is 0 Å². The summed E-state index contributed by atoms with van der Waals surface area (Å²) in [5.74, 6) is 0. The van der Waals surface area contributed by atoms with Crippen LogP contribution in [0.1, 0.15) is 77.0 Å². The SMILES string of the molecule is ClC1CC2=C(CCCCCCCCCC2)C1. The molecule has 0 aromatic carbocycles. The summed E-state index contributed by atoms with van der Waals surface area (Å²) in [6, 6.07) is 0. The number of halogens is 1. The summed E-state index contributed by atoms with van der Waals surface area (Å²) < 4.78 is 0. The van der Waals surface area contributed by atoms with E-state index < -0.39 is 0 Å². The maximum Gasteiger partial charge on any atom is 0.0410 e. The average molecular weight is 241 g/mol. The second-order valence-corrected chi connectivity index (χ2v) is 6.16. The number of rotatable bonds is 0. The molecule has 0 spiro atoms. The molecule has 2 aliphatic rings. The molecule has 0 N–H and O–H groups in total. The minimum Gasteiger partial charge on any atom is -0.122 e. The highest BCUT2D eigenvalue weighted by atomic mass is 35.5. The monoisotopic (exact) mass is 240 g/mol. The summed E-state index contributed by atoms with van der Waals surface area (Å²) in [6.45, 7) is 0. The zero-order valence-corrected chi connectivity index (χ0v) is 11.2. The smallest absolute Gasteiger partial charge is 0.0410 e. The molecule has 0 aromatic rings. The van der Waals surface area contributed by atoms with Crippen LogP contribution in [-0.4, -0.2) is 5.38 Å². The lowest BCUT2D eigenvalue weighted by atomic mass is 9.97. The Morgan fingerprint density at radius 1 is 0.625 bits per heavy atom. The molecule has 0 atom stereocenters. The lowest BCUT2D eigenvalue weighted by Crippen LogP contribution is -1.90. The Morgan fingerprint density at radius 2 is 1.00 bits per heavy atom. The van der Waals surface area contributed by atoms with Crippen LogP contribution in [-0.2, 0) is 0 Å². The first kappa shape index (κ1) is 12.5. The van der Waals surface area contributed by atoms with Crippen molar-refractivity contribution in [2.24, 2.45) is 0 Å². The number of hydrogen-bond donors (Lipinski definition) is 0. The van der Waals surface area contributed by atoms with E-state index in [4.69, 9.17) is 11.6 Å². The van der Waals surface area contributed by atoms with E-state index in [1.54, 1.807) is 11.1 Å². The van der Waals surface area contributed by atoms with Gasteiger partial charge in [0.15, 0.2) is 0 Å². The highest BCUT2D eigenvalue weighted by Crippen LogP contribution is 2.36. The molecule has 0 bridgehead atoms. The van der Waals surface area contributed by atoms with E-state index in [1.807, 2.05) is 0 Å². The Bertz CT molecular complexity index is 218. The van der Waals surface area contributed by atoms with Crippen molar-refractivity contribution in [1.82, 2.24) is 0 Å². The second kappa shape index (κ2) is 6.69. The van der Waals surface area contributed by atoms with E-state index in [0.29, 0.717) is 5.38 Å². The molecule has 0 radical (unpaired) electrons. The van der Waals surface area contributed by atoms with Crippen molar-refractivity contribution in [3.05, 3.63) is 11.1 Å². The van der Waals surface area contributed by atoms with Gasteiger partial charge in [0.1, 0.15) is 0 Å². The minimum absolute atomic E-state index is 0.426. The molecule has 16 heavy (non-hydrogen) atoms. The van der Waals surface area contributed by atoms with Crippen LogP contribution in [0.5, 0.6) is 0 Å². The van der Waals surface area contributed by atoms with Gasteiger partial charge in [-0.05, 0) is 38.5 Å². The van der Waals surface area contributed by atoms with Crippen LogP contribution in [0, 0.1) is 0 Å². The van der Waals surface area contributed by atoms with Gasteiger partial charge in [-0.25, -0.2) is 0 Å². The summed E-state index contributed by atoms with van der Waals surface area (Å²) >= 11 is 6.30. The van der Waals surface area contributed by atoms with Crippen molar-refractivity contribution in [2.75, 3.05) is 0 Å². The lowest BCUT2D eigenvalue weighted by Gasteiger charge is -2.09. The predicted octanol–water partition coefficient (Wildman–Crippen LogP) is 5.60. The molecule has 0 heterocycles. The molecule has 0 aromatic heterocycles. The van der Waals surface area contributed by atoms with Gasteiger partial charge >= 0.3 is 0 Å². The van der Waals surface area contributed by atoms with Crippen LogP contribution in [0.4, 0.5) is 0 Å². The first-order chi connectivity index (χ1) is 7.86. The van der Waals surface area contributed by atoms with Crippen LogP contribution in [0.15, 0.2) is 11.1 Å². The third kappa shape index (κ3) is 3.80. The first-order valence-electron chi connectivity index (χ1n) is 7.20. The van der Waals surface area contributed by atoms with E-state index in [-0.39, 0.29) is 0 Å².